The van der Waals surface area contributed by atoms with Gasteiger partial charge in [-0.05, 0) is 30.9 Å². The van der Waals surface area contributed by atoms with Gasteiger partial charge in [-0.3, -0.25) is 0 Å². The zero-order chi connectivity index (χ0) is 12.0. The normalized spacial score (nSPS) is 10.8. The summed E-state index contributed by atoms with van der Waals surface area (Å²) in [6.07, 6.45) is 6.54. The average Bonchev–Trinajstić information content (AvgIpc) is 2.26. The molecular weight excluding hydrogens is 204 g/mol. The average molecular weight is 220 g/mol. The zero-order valence-corrected chi connectivity index (χ0v) is 9.31. The summed E-state index contributed by atoms with van der Waals surface area (Å²) >= 11 is 0. The summed E-state index contributed by atoms with van der Waals surface area (Å²) in [6.45, 7) is 2.05. The molecule has 1 aromatic rings. The fourth-order valence-corrected chi connectivity index (χ4v) is 1.49. The van der Waals surface area contributed by atoms with Crippen LogP contribution >= 0.6 is 0 Å². The number of aromatic carboxylic acids is 1. The van der Waals surface area contributed by atoms with Gasteiger partial charge in [0.05, 0.1) is 0 Å². The molecule has 0 aromatic heterocycles. The van der Waals surface area contributed by atoms with Crippen LogP contribution in [-0.2, 0) is 6.42 Å². The molecule has 0 aliphatic heterocycles. The Balaban J connectivity index is 2.77. The minimum atomic E-state index is -1.09. The number of phenols is 1. The van der Waals surface area contributed by atoms with Crippen LogP contribution < -0.4 is 0 Å². The number of carboxylic acids is 1. The van der Waals surface area contributed by atoms with Crippen LogP contribution in [0, 0.1) is 0 Å². The van der Waals surface area contributed by atoms with Crippen molar-refractivity contribution in [1.82, 2.24) is 0 Å². The highest BCUT2D eigenvalue weighted by atomic mass is 16.4. The van der Waals surface area contributed by atoms with Crippen LogP contribution in [0.25, 0.3) is 0 Å². The van der Waals surface area contributed by atoms with E-state index < -0.39 is 5.97 Å². The lowest BCUT2D eigenvalue weighted by molar-refractivity contribution is 0.0693. The van der Waals surface area contributed by atoms with E-state index in [1.165, 1.54) is 6.07 Å². The molecule has 0 amide bonds. The Bertz CT molecular complexity index is 394. The van der Waals surface area contributed by atoms with Crippen molar-refractivity contribution in [2.45, 2.75) is 26.2 Å². The van der Waals surface area contributed by atoms with Crippen molar-refractivity contribution < 1.29 is 15.0 Å². The number of allylic oxidation sites excluding steroid dienone is 2. The Morgan fingerprint density at radius 1 is 1.38 bits per heavy atom. The Kier molecular flexibility index (Phi) is 4.58. The molecule has 0 aliphatic carbocycles. The van der Waals surface area contributed by atoms with Gasteiger partial charge in [0.15, 0.2) is 0 Å². The molecule has 0 heterocycles. The molecule has 0 saturated carbocycles. The largest absolute Gasteiger partial charge is 0.507 e. The van der Waals surface area contributed by atoms with Gasteiger partial charge in [-0.1, -0.05) is 31.2 Å². The van der Waals surface area contributed by atoms with Crippen molar-refractivity contribution in [3.8, 4) is 5.75 Å². The molecule has 0 spiro atoms. The number of hydrogen-bond acceptors (Lipinski definition) is 2. The predicted molar refractivity (Wildman–Crippen MR) is 62.8 cm³/mol. The molecule has 0 unspecified atom stereocenters. The second kappa shape index (κ2) is 5.95. The van der Waals surface area contributed by atoms with Crippen LogP contribution in [-0.4, -0.2) is 16.2 Å². The van der Waals surface area contributed by atoms with Crippen molar-refractivity contribution in [2.75, 3.05) is 0 Å². The van der Waals surface area contributed by atoms with Crippen molar-refractivity contribution in [3.05, 3.63) is 41.5 Å². The molecule has 0 bridgehead atoms. The number of aromatic hydroxyl groups is 1. The highest BCUT2D eigenvalue weighted by Gasteiger charge is 2.11. The lowest BCUT2D eigenvalue weighted by Gasteiger charge is -2.05. The lowest BCUT2D eigenvalue weighted by Crippen LogP contribution is -1.98. The molecule has 2 N–H and O–H groups in total. The second-order valence-electron chi connectivity index (χ2n) is 3.54. The fraction of sp³-hybridized carbons (Fsp3) is 0.308. The van der Waals surface area contributed by atoms with E-state index >= 15 is 0 Å². The van der Waals surface area contributed by atoms with Crippen LogP contribution in [0.5, 0.6) is 5.75 Å². The van der Waals surface area contributed by atoms with Crippen LogP contribution in [0.4, 0.5) is 0 Å². The number of rotatable bonds is 5. The first kappa shape index (κ1) is 12.3. The van der Waals surface area contributed by atoms with Gasteiger partial charge < -0.3 is 10.2 Å². The fourth-order valence-electron chi connectivity index (χ4n) is 1.49. The minimum Gasteiger partial charge on any atom is -0.507 e. The van der Waals surface area contributed by atoms with Crippen LogP contribution in [0.2, 0.25) is 0 Å². The van der Waals surface area contributed by atoms with Crippen molar-refractivity contribution in [1.29, 1.82) is 0 Å². The van der Waals surface area contributed by atoms with Crippen LogP contribution in [0.3, 0.4) is 0 Å². The van der Waals surface area contributed by atoms with Crippen LogP contribution in [0.15, 0.2) is 30.4 Å². The monoisotopic (exact) mass is 220 g/mol. The molecular formula is C13H16O3. The number of para-hydroxylation sites is 1. The van der Waals surface area contributed by atoms with Crippen molar-refractivity contribution in [3.63, 3.8) is 0 Å². The first-order valence-corrected chi connectivity index (χ1v) is 5.36. The lowest BCUT2D eigenvalue weighted by atomic mass is 10.0. The van der Waals surface area contributed by atoms with Crippen molar-refractivity contribution >= 4 is 5.97 Å². The Morgan fingerprint density at radius 2 is 2.12 bits per heavy atom. The predicted octanol–water partition coefficient (Wildman–Crippen LogP) is 2.99. The van der Waals surface area contributed by atoms with Gasteiger partial charge in [0, 0.05) is 0 Å². The smallest absolute Gasteiger partial charge is 0.339 e. The van der Waals surface area contributed by atoms with Gasteiger partial charge in [0.1, 0.15) is 11.3 Å². The molecule has 0 aliphatic rings. The highest BCUT2D eigenvalue weighted by molar-refractivity contribution is 5.91. The number of hydrogen-bond donors (Lipinski definition) is 2. The number of aryl methyl sites for hydroxylation is 1. The number of benzene rings is 1. The summed E-state index contributed by atoms with van der Waals surface area (Å²) in [6, 6.07) is 4.81. The Morgan fingerprint density at radius 3 is 2.75 bits per heavy atom. The number of carbonyl (C=O) groups is 1. The van der Waals surface area contributed by atoms with Gasteiger partial charge in [-0.15, -0.1) is 0 Å². The summed E-state index contributed by atoms with van der Waals surface area (Å²) < 4.78 is 0. The molecule has 1 aromatic carbocycles. The summed E-state index contributed by atoms with van der Waals surface area (Å²) in [7, 11) is 0. The maximum atomic E-state index is 10.8. The first-order valence-electron chi connectivity index (χ1n) is 5.36. The molecule has 3 heteroatoms. The first-order chi connectivity index (χ1) is 7.66. The van der Waals surface area contributed by atoms with E-state index in [1.807, 2.05) is 6.08 Å². The topological polar surface area (TPSA) is 57.5 Å². The van der Waals surface area contributed by atoms with E-state index in [4.69, 9.17) is 5.11 Å². The third-order valence-corrected chi connectivity index (χ3v) is 2.33. The second-order valence-corrected chi connectivity index (χ2v) is 3.54. The Labute approximate surface area is 95.0 Å². The van der Waals surface area contributed by atoms with Gasteiger partial charge in [-0.2, -0.15) is 0 Å². The van der Waals surface area contributed by atoms with E-state index in [0.717, 1.165) is 12.8 Å². The standard InChI is InChI=1S/C13H16O3/c1-2-3-4-5-7-10-8-6-9-11(12(10)14)13(15)16/h3-4,6,8-9,14H,2,5,7H2,1H3,(H,15,16). The zero-order valence-electron chi connectivity index (χ0n) is 9.31. The van der Waals surface area contributed by atoms with E-state index in [-0.39, 0.29) is 11.3 Å². The molecule has 0 saturated heterocycles. The highest BCUT2D eigenvalue weighted by Crippen LogP contribution is 2.23. The summed E-state index contributed by atoms with van der Waals surface area (Å²) in [5.74, 6) is -1.21. The van der Waals surface area contributed by atoms with Gasteiger partial charge >= 0.3 is 5.97 Å². The van der Waals surface area contributed by atoms with Gasteiger partial charge in [-0.25, -0.2) is 4.79 Å². The SMILES string of the molecule is CCC=CCCc1cccc(C(=O)O)c1O. The molecule has 0 fully saturated rings. The summed E-state index contributed by atoms with van der Waals surface area (Å²) in [5.41, 5.74) is 0.651. The third kappa shape index (κ3) is 3.12. The van der Waals surface area contributed by atoms with E-state index in [0.29, 0.717) is 12.0 Å². The molecule has 16 heavy (non-hydrogen) atoms. The quantitative estimate of drug-likeness (QED) is 0.750. The summed E-state index contributed by atoms with van der Waals surface area (Å²) in [4.78, 5) is 10.8. The van der Waals surface area contributed by atoms with E-state index in [2.05, 4.69) is 13.0 Å². The molecule has 0 radical (unpaired) electrons. The third-order valence-electron chi connectivity index (χ3n) is 2.33. The molecule has 1 rings (SSSR count). The van der Waals surface area contributed by atoms with E-state index in [1.54, 1.807) is 12.1 Å². The maximum Gasteiger partial charge on any atom is 0.339 e. The maximum absolute atomic E-state index is 10.8. The van der Waals surface area contributed by atoms with Gasteiger partial charge in [0.2, 0.25) is 0 Å². The van der Waals surface area contributed by atoms with Gasteiger partial charge in [0.25, 0.3) is 0 Å². The Hall–Kier alpha value is -1.77. The molecule has 0 atom stereocenters. The van der Waals surface area contributed by atoms with E-state index in [9.17, 15) is 9.90 Å². The molecule has 86 valence electrons. The minimum absolute atomic E-state index is 0.0306. The van der Waals surface area contributed by atoms with Crippen molar-refractivity contribution in [2.24, 2.45) is 0 Å². The van der Waals surface area contributed by atoms with Crippen LogP contribution in [0.1, 0.15) is 35.7 Å². The molecule has 3 nitrogen and oxygen atoms in total. The number of carboxylic acid groups (broad SMARTS) is 1. The summed E-state index contributed by atoms with van der Waals surface area (Å²) in [5, 5.41) is 18.5.